The molecule has 8 heteroatoms. The maximum Gasteiger partial charge on any atom is 0.324 e. The highest BCUT2D eigenvalue weighted by atomic mass is 35.5. The van der Waals surface area contributed by atoms with E-state index < -0.39 is 0 Å². The van der Waals surface area contributed by atoms with Gasteiger partial charge in [0.1, 0.15) is 0 Å². The highest BCUT2D eigenvalue weighted by molar-refractivity contribution is 6.02. The van der Waals surface area contributed by atoms with Crippen LogP contribution in [0.1, 0.15) is 28.8 Å². The van der Waals surface area contributed by atoms with Crippen LogP contribution in [-0.2, 0) is 11.3 Å². The number of nitrogens with one attached hydrogen (secondary N) is 2. The van der Waals surface area contributed by atoms with E-state index in [1.165, 1.54) is 4.90 Å². The normalized spacial score (nSPS) is 24.9. The lowest BCUT2D eigenvalue weighted by Crippen LogP contribution is -2.33. The van der Waals surface area contributed by atoms with Crippen LogP contribution in [0.3, 0.4) is 0 Å². The molecule has 0 spiro atoms. The first-order valence-corrected chi connectivity index (χ1v) is 9.29. The lowest BCUT2D eigenvalue weighted by molar-refractivity contribution is -0.125. The van der Waals surface area contributed by atoms with E-state index in [1.54, 1.807) is 6.07 Å². The Morgan fingerprint density at radius 1 is 1.11 bits per heavy atom. The minimum atomic E-state index is -0.376. The molecule has 3 saturated heterocycles. The third kappa shape index (κ3) is 4.09. The first-order valence-electron chi connectivity index (χ1n) is 9.29. The molecule has 0 aliphatic carbocycles. The maximum absolute atomic E-state index is 12.9. The predicted octanol–water partition coefficient (Wildman–Crippen LogP) is 1.23. The van der Waals surface area contributed by atoms with Gasteiger partial charge in [0.2, 0.25) is 5.91 Å². The quantitative estimate of drug-likeness (QED) is 0.758. The van der Waals surface area contributed by atoms with Crippen molar-refractivity contribution >= 4 is 30.3 Å². The molecule has 146 valence electrons. The van der Waals surface area contributed by atoms with Gasteiger partial charge in [0.15, 0.2) is 0 Å². The Balaban J connectivity index is 0.00000210. The van der Waals surface area contributed by atoms with E-state index in [-0.39, 0.29) is 43.3 Å². The van der Waals surface area contributed by atoms with E-state index >= 15 is 0 Å². The van der Waals surface area contributed by atoms with Crippen molar-refractivity contribution in [1.82, 2.24) is 20.4 Å². The van der Waals surface area contributed by atoms with E-state index in [4.69, 9.17) is 0 Å². The van der Waals surface area contributed by atoms with Crippen LogP contribution in [0.5, 0.6) is 0 Å². The molecule has 1 aromatic rings. The number of rotatable bonds is 3. The fourth-order valence-corrected chi connectivity index (χ4v) is 4.20. The van der Waals surface area contributed by atoms with Crippen molar-refractivity contribution < 1.29 is 14.4 Å². The van der Waals surface area contributed by atoms with Crippen molar-refractivity contribution in [2.75, 3.05) is 32.7 Å². The molecule has 1 aromatic carbocycles. The summed E-state index contributed by atoms with van der Waals surface area (Å²) in [5.74, 6) is 1.16. The number of amides is 4. The van der Waals surface area contributed by atoms with Gasteiger partial charge in [0.05, 0.1) is 13.1 Å². The van der Waals surface area contributed by atoms with Crippen molar-refractivity contribution in [3.8, 4) is 0 Å². The maximum atomic E-state index is 12.9. The number of carbonyl (C=O) groups is 3. The zero-order valence-electron chi connectivity index (χ0n) is 15.1. The molecule has 3 aliphatic rings. The molecule has 4 rings (SSSR count). The molecular weight excluding hydrogens is 368 g/mol. The zero-order valence-corrected chi connectivity index (χ0v) is 16.0. The summed E-state index contributed by atoms with van der Waals surface area (Å²) in [5, 5.41) is 5.96. The average molecular weight is 393 g/mol. The van der Waals surface area contributed by atoms with Gasteiger partial charge in [0, 0.05) is 18.7 Å². The van der Waals surface area contributed by atoms with Gasteiger partial charge in [-0.15, -0.1) is 12.4 Å². The number of halogens is 1. The van der Waals surface area contributed by atoms with Crippen LogP contribution in [0.15, 0.2) is 24.3 Å². The van der Waals surface area contributed by atoms with E-state index in [0.717, 1.165) is 44.6 Å². The molecule has 3 aliphatic heterocycles. The lowest BCUT2D eigenvalue weighted by atomic mass is 9.92. The Labute approximate surface area is 164 Å². The predicted molar refractivity (Wildman–Crippen MR) is 103 cm³/mol. The summed E-state index contributed by atoms with van der Waals surface area (Å²) >= 11 is 0. The van der Waals surface area contributed by atoms with Gasteiger partial charge in [-0.2, -0.15) is 0 Å². The largest absolute Gasteiger partial charge is 0.339 e. The summed E-state index contributed by atoms with van der Waals surface area (Å²) in [6, 6.07) is 6.89. The molecule has 0 bridgehead atoms. The van der Waals surface area contributed by atoms with E-state index in [9.17, 15) is 14.4 Å². The van der Waals surface area contributed by atoms with Crippen LogP contribution in [0, 0.1) is 11.8 Å². The fraction of sp³-hybridized carbons (Fsp3) is 0.526. The van der Waals surface area contributed by atoms with E-state index in [0.29, 0.717) is 17.4 Å². The topological polar surface area (TPSA) is 81.8 Å². The van der Waals surface area contributed by atoms with Crippen molar-refractivity contribution in [1.29, 1.82) is 0 Å². The van der Waals surface area contributed by atoms with E-state index in [1.807, 2.05) is 23.1 Å². The Bertz CT molecular complexity index is 711. The molecule has 0 unspecified atom stereocenters. The second-order valence-electron chi connectivity index (χ2n) is 7.39. The third-order valence-electron chi connectivity index (χ3n) is 5.76. The number of carbonyl (C=O) groups excluding carboxylic acids is 3. The first kappa shape index (κ1) is 19.6. The Morgan fingerprint density at radius 2 is 1.81 bits per heavy atom. The third-order valence-corrected chi connectivity index (χ3v) is 5.76. The number of hydrogen-bond donors (Lipinski definition) is 2. The molecule has 0 radical (unpaired) electrons. The van der Waals surface area contributed by atoms with Crippen molar-refractivity contribution in [2.24, 2.45) is 11.8 Å². The van der Waals surface area contributed by atoms with Crippen LogP contribution in [-0.4, -0.2) is 60.4 Å². The van der Waals surface area contributed by atoms with Gasteiger partial charge in [-0.05, 0) is 55.5 Å². The molecule has 0 saturated carbocycles. The number of benzene rings is 1. The molecule has 27 heavy (non-hydrogen) atoms. The van der Waals surface area contributed by atoms with Gasteiger partial charge in [0.25, 0.3) is 5.91 Å². The minimum absolute atomic E-state index is 0. The van der Waals surface area contributed by atoms with Gasteiger partial charge < -0.3 is 15.5 Å². The van der Waals surface area contributed by atoms with Gasteiger partial charge in [-0.3, -0.25) is 14.5 Å². The van der Waals surface area contributed by atoms with Crippen LogP contribution in [0.25, 0.3) is 0 Å². The van der Waals surface area contributed by atoms with Gasteiger partial charge in [-0.25, -0.2) is 4.79 Å². The molecule has 3 fully saturated rings. The number of fused-ring (bicyclic) bond motifs is 1. The molecule has 0 aromatic heterocycles. The molecule has 7 nitrogen and oxygen atoms in total. The summed E-state index contributed by atoms with van der Waals surface area (Å²) in [4.78, 5) is 39.5. The standard InChI is InChI=1S/C19H24N4O3.ClH/c24-17-11-21-19(26)23(17)12-13-2-1-3-14(8-13)18(25)22-6-4-15-9-20-10-16(15)5-7-22;/h1-3,8,15-16,20H,4-7,9-12H2,(H,21,26);1H/t15-,16+;. The van der Waals surface area contributed by atoms with E-state index in [2.05, 4.69) is 10.6 Å². The summed E-state index contributed by atoms with van der Waals surface area (Å²) in [6.45, 7) is 3.95. The number of urea groups is 1. The second kappa shape index (κ2) is 8.27. The molecule has 3 heterocycles. The molecule has 4 amide bonds. The van der Waals surface area contributed by atoms with Crippen LogP contribution >= 0.6 is 12.4 Å². The Morgan fingerprint density at radius 3 is 2.44 bits per heavy atom. The number of imide groups is 1. The summed E-state index contributed by atoms with van der Waals surface area (Å²) in [7, 11) is 0. The van der Waals surface area contributed by atoms with Crippen molar-refractivity contribution in [3.63, 3.8) is 0 Å². The van der Waals surface area contributed by atoms with Gasteiger partial charge >= 0.3 is 6.03 Å². The zero-order chi connectivity index (χ0) is 18.1. The monoisotopic (exact) mass is 392 g/mol. The molecular formula is C19H25ClN4O3. The van der Waals surface area contributed by atoms with Crippen molar-refractivity contribution in [2.45, 2.75) is 19.4 Å². The van der Waals surface area contributed by atoms with Crippen LogP contribution < -0.4 is 10.6 Å². The average Bonchev–Trinajstić information content (AvgIpc) is 3.16. The lowest BCUT2D eigenvalue weighted by Gasteiger charge is -2.21. The van der Waals surface area contributed by atoms with Crippen LogP contribution in [0.4, 0.5) is 4.79 Å². The summed E-state index contributed by atoms with van der Waals surface area (Å²) in [6.07, 6.45) is 2.09. The van der Waals surface area contributed by atoms with Crippen molar-refractivity contribution in [3.05, 3.63) is 35.4 Å². The summed E-state index contributed by atoms with van der Waals surface area (Å²) in [5.41, 5.74) is 1.41. The minimum Gasteiger partial charge on any atom is -0.339 e. The SMILES string of the molecule is Cl.O=C(c1cccc(CN2C(=O)CNC2=O)c1)N1CC[C@@H]2CNC[C@@H]2CC1. The summed E-state index contributed by atoms with van der Waals surface area (Å²) < 4.78 is 0. The first-order chi connectivity index (χ1) is 12.6. The fourth-order valence-electron chi connectivity index (χ4n) is 4.20. The Kier molecular flexibility index (Phi) is 6.01. The Hall–Kier alpha value is -2.12. The van der Waals surface area contributed by atoms with Crippen LogP contribution in [0.2, 0.25) is 0 Å². The smallest absolute Gasteiger partial charge is 0.324 e. The van der Waals surface area contributed by atoms with Gasteiger partial charge in [-0.1, -0.05) is 12.1 Å². The number of nitrogens with zero attached hydrogens (tertiary/aromatic N) is 2. The second-order valence-corrected chi connectivity index (χ2v) is 7.39. The number of hydrogen-bond acceptors (Lipinski definition) is 4. The highest BCUT2D eigenvalue weighted by Gasteiger charge is 2.32. The highest BCUT2D eigenvalue weighted by Crippen LogP contribution is 2.27. The number of likely N-dealkylation sites (tertiary alicyclic amines) is 1. The molecule has 2 atom stereocenters. The molecule has 2 N–H and O–H groups in total.